The highest BCUT2D eigenvalue weighted by atomic mass is 32.2. The summed E-state index contributed by atoms with van der Waals surface area (Å²) in [7, 11) is 0. The fourth-order valence-electron chi connectivity index (χ4n) is 0.435. The van der Waals surface area contributed by atoms with Crippen molar-refractivity contribution in [3.8, 4) is 0 Å². The predicted octanol–water partition coefficient (Wildman–Crippen LogP) is 0.275. The first-order valence-corrected chi connectivity index (χ1v) is 4.46. The lowest BCUT2D eigenvalue weighted by Crippen LogP contribution is -2.10. The van der Waals surface area contributed by atoms with E-state index in [2.05, 4.69) is 4.74 Å². The van der Waals surface area contributed by atoms with Crippen molar-refractivity contribution >= 4 is 17.7 Å². The van der Waals surface area contributed by atoms with Crippen molar-refractivity contribution in [2.45, 2.75) is 6.42 Å². The molecule has 0 fully saturated rings. The topological polar surface area (TPSA) is 46.5 Å². The molecule has 0 aliphatic rings. The number of esters is 1. The van der Waals surface area contributed by atoms with Crippen molar-refractivity contribution in [1.82, 2.24) is 0 Å². The highest BCUT2D eigenvalue weighted by molar-refractivity contribution is 7.98. The number of ether oxygens (including phenoxy) is 1. The van der Waals surface area contributed by atoms with Crippen LogP contribution in [-0.2, 0) is 9.53 Å². The molecule has 0 saturated heterocycles. The molecule has 0 radical (unpaired) electrons. The summed E-state index contributed by atoms with van der Waals surface area (Å²) >= 11 is 1.71. The average Bonchev–Trinajstić information content (AvgIpc) is 1.98. The molecular weight excluding hydrogens is 152 g/mol. The molecule has 0 spiro atoms. The van der Waals surface area contributed by atoms with E-state index in [-0.39, 0.29) is 0 Å². The number of aliphatic hydroxyl groups is 1. The van der Waals surface area contributed by atoms with Crippen LogP contribution in [0.1, 0.15) is 6.42 Å². The van der Waals surface area contributed by atoms with Crippen LogP contribution in [0.15, 0.2) is 0 Å². The summed E-state index contributed by atoms with van der Waals surface area (Å²) in [5.74, 6) is 0.444. The molecule has 0 atom stereocenters. The van der Waals surface area contributed by atoms with E-state index < -0.39 is 12.6 Å². The highest BCUT2D eigenvalue weighted by Gasteiger charge is 1.96. The zero-order chi connectivity index (χ0) is 7.82. The largest absolute Gasteiger partial charge is 0.464 e. The van der Waals surface area contributed by atoms with E-state index in [0.717, 1.165) is 12.2 Å². The van der Waals surface area contributed by atoms with Crippen molar-refractivity contribution < 1.29 is 14.6 Å². The van der Waals surface area contributed by atoms with E-state index in [1.165, 1.54) is 0 Å². The minimum Gasteiger partial charge on any atom is -0.464 e. The molecule has 0 heterocycles. The number of carbonyl (C=O) groups is 1. The fraction of sp³-hybridized carbons (Fsp3) is 0.833. The lowest BCUT2D eigenvalue weighted by molar-refractivity contribution is -0.146. The molecule has 0 amide bonds. The van der Waals surface area contributed by atoms with Crippen LogP contribution < -0.4 is 0 Å². The van der Waals surface area contributed by atoms with E-state index in [1.807, 2.05) is 6.26 Å². The SMILES string of the molecule is CSCCCOC(=O)CO. The van der Waals surface area contributed by atoms with Gasteiger partial charge in [-0.2, -0.15) is 11.8 Å². The minimum absolute atomic E-state index is 0.417. The number of hydrogen-bond acceptors (Lipinski definition) is 4. The van der Waals surface area contributed by atoms with Gasteiger partial charge in [-0.3, -0.25) is 0 Å². The summed E-state index contributed by atoms with van der Waals surface area (Å²) in [5, 5.41) is 8.21. The molecule has 0 rings (SSSR count). The molecule has 1 N–H and O–H groups in total. The number of thioether (sulfide) groups is 1. The van der Waals surface area contributed by atoms with E-state index in [1.54, 1.807) is 11.8 Å². The molecule has 10 heavy (non-hydrogen) atoms. The molecule has 0 aromatic heterocycles. The first-order valence-electron chi connectivity index (χ1n) is 3.06. The van der Waals surface area contributed by atoms with E-state index in [4.69, 9.17) is 5.11 Å². The average molecular weight is 164 g/mol. The summed E-state index contributed by atoms with van der Waals surface area (Å²) in [6.45, 7) is -0.0977. The molecule has 0 bridgehead atoms. The van der Waals surface area contributed by atoms with Crippen LogP contribution in [0.3, 0.4) is 0 Å². The van der Waals surface area contributed by atoms with Gasteiger partial charge < -0.3 is 9.84 Å². The van der Waals surface area contributed by atoms with Crippen LogP contribution in [0.25, 0.3) is 0 Å². The zero-order valence-electron chi connectivity index (χ0n) is 6.00. The van der Waals surface area contributed by atoms with Gasteiger partial charge in [0.1, 0.15) is 6.61 Å². The second-order valence-corrected chi connectivity index (χ2v) is 2.71. The Labute approximate surface area is 64.8 Å². The number of aliphatic hydroxyl groups excluding tert-OH is 1. The van der Waals surface area contributed by atoms with Gasteiger partial charge in [0.2, 0.25) is 0 Å². The lowest BCUT2D eigenvalue weighted by Gasteiger charge is -1.99. The summed E-state index contributed by atoms with van der Waals surface area (Å²) in [4.78, 5) is 10.3. The Morgan fingerprint density at radius 3 is 2.90 bits per heavy atom. The van der Waals surface area contributed by atoms with E-state index in [0.29, 0.717) is 6.61 Å². The van der Waals surface area contributed by atoms with Crippen LogP contribution in [0.4, 0.5) is 0 Å². The Morgan fingerprint density at radius 2 is 2.40 bits per heavy atom. The third-order valence-corrected chi connectivity index (χ3v) is 1.58. The van der Waals surface area contributed by atoms with Crippen molar-refractivity contribution in [2.75, 3.05) is 25.2 Å². The van der Waals surface area contributed by atoms with Crippen molar-refractivity contribution in [3.63, 3.8) is 0 Å². The Morgan fingerprint density at radius 1 is 1.70 bits per heavy atom. The van der Waals surface area contributed by atoms with Crippen molar-refractivity contribution in [1.29, 1.82) is 0 Å². The van der Waals surface area contributed by atoms with Crippen molar-refractivity contribution in [2.24, 2.45) is 0 Å². The van der Waals surface area contributed by atoms with Gasteiger partial charge >= 0.3 is 5.97 Å². The Kier molecular flexibility index (Phi) is 6.74. The van der Waals surface area contributed by atoms with Gasteiger partial charge in [-0.1, -0.05) is 0 Å². The maximum atomic E-state index is 10.3. The summed E-state index contributed by atoms with van der Waals surface area (Å²) in [6, 6.07) is 0. The van der Waals surface area contributed by atoms with Crippen LogP contribution in [0.2, 0.25) is 0 Å². The Balaban J connectivity index is 2.96. The maximum Gasteiger partial charge on any atom is 0.331 e. The molecule has 4 heteroatoms. The van der Waals surface area contributed by atoms with Gasteiger partial charge in [-0.25, -0.2) is 4.79 Å². The molecule has 60 valence electrons. The number of carbonyl (C=O) groups excluding carboxylic acids is 1. The van der Waals surface area contributed by atoms with Crippen LogP contribution in [-0.4, -0.2) is 36.3 Å². The quantitative estimate of drug-likeness (QED) is 0.468. The Hall–Kier alpha value is -0.220. The zero-order valence-corrected chi connectivity index (χ0v) is 6.82. The number of hydrogen-bond donors (Lipinski definition) is 1. The first kappa shape index (κ1) is 9.78. The number of rotatable bonds is 5. The monoisotopic (exact) mass is 164 g/mol. The van der Waals surface area contributed by atoms with Gasteiger partial charge in [0.25, 0.3) is 0 Å². The standard InChI is InChI=1S/C6H12O3S/c1-10-4-2-3-9-6(8)5-7/h7H,2-5H2,1H3. The normalized spacial score (nSPS) is 9.40. The smallest absolute Gasteiger partial charge is 0.331 e. The van der Waals surface area contributed by atoms with E-state index in [9.17, 15) is 4.79 Å². The molecule has 0 aliphatic carbocycles. The van der Waals surface area contributed by atoms with Gasteiger partial charge in [-0.15, -0.1) is 0 Å². The van der Waals surface area contributed by atoms with Crippen LogP contribution in [0, 0.1) is 0 Å². The summed E-state index contributed by atoms with van der Waals surface area (Å²) < 4.78 is 4.59. The molecule has 0 saturated carbocycles. The van der Waals surface area contributed by atoms with Crippen LogP contribution in [0.5, 0.6) is 0 Å². The second-order valence-electron chi connectivity index (χ2n) is 1.72. The predicted molar refractivity (Wildman–Crippen MR) is 41.0 cm³/mol. The van der Waals surface area contributed by atoms with Crippen molar-refractivity contribution in [3.05, 3.63) is 0 Å². The maximum absolute atomic E-state index is 10.3. The third-order valence-electron chi connectivity index (χ3n) is 0.885. The van der Waals surface area contributed by atoms with Gasteiger partial charge in [0, 0.05) is 0 Å². The summed E-state index contributed by atoms with van der Waals surface area (Å²) in [5.41, 5.74) is 0. The molecule has 0 aliphatic heterocycles. The molecule has 0 aromatic rings. The van der Waals surface area contributed by atoms with Gasteiger partial charge in [-0.05, 0) is 18.4 Å². The molecular formula is C6H12O3S. The minimum atomic E-state index is -0.541. The fourth-order valence-corrected chi connectivity index (χ4v) is 0.841. The molecule has 0 aromatic carbocycles. The third kappa shape index (κ3) is 5.91. The summed E-state index contributed by atoms with van der Waals surface area (Å²) in [6.07, 6.45) is 2.85. The van der Waals surface area contributed by atoms with Gasteiger partial charge in [0.15, 0.2) is 0 Å². The first-order chi connectivity index (χ1) is 4.81. The molecule has 3 nitrogen and oxygen atoms in total. The van der Waals surface area contributed by atoms with Gasteiger partial charge in [0.05, 0.1) is 6.61 Å². The molecule has 0 unspecified atom stereocenters. The second kappa shape index (κ2) is 6.89. The van der Waals surface area contributed by atoms with E-state index >= 15 is 0 Å². The Bertz CT molecular complexity index is 95.0. The lowest BCUT2D eigenvalue weighted by atomic mass is 10.5. The van der Waals surface area contributed by atoms with Crippen LogP contribution >= 0.6 is 11.8 Å². The highest BCUT2D eigenvalue weighted by Crippen LogP contribution is 1.95.